The van der Waals surface area contributed by atoms with Crippen LogP contribution in [0.15, 0.2) is 58.1 Å². The minimum absolute atomic E-state index is 0. The highest BCUT2D eigenvalue weighted by Gasteiger charge is 2.27. The summed E-state index contributed by atoms with van der Waals surface area (Å²) in [5.74, 6) is 2.74. The molecule has 4 rings (SSSR count). The Kier molecular flexibility index (Phi) is 10.2. The molecule has 0 saturated carbocycles. The number of nitrogens with zero attached hydrogens (tertiary/aromatic N) is 3. The van der Waals surface area contributed by atoms with E-state index in [4.69, 9.17) is 14.1 Å². The lowest BCUT2D eigenvalue weighted by atomic mass is 10.1. The largest absolute Gasteiger partial charge is 0.469 e. The van der Waals surface area contributed by atoms with Gasteiger partial charge < -0.3 is 19.4 Å². The number of rotatable bonds is 8. The number of hydrogen-bond donors (Lipinski definition) is 1. The number of nitrogens with one attached hydrogen (secondary N) is 1. The van der Waals surface area contributed by atoms with Gasteiger partial charge in [-0.3, -0.25) is 9.89 Å². The fraction of sp³-hybridized carbons (Fsp3) is 0.542. The van der Waals surface area contributed by atoms with E-state index < -0.39 is 0 Å². The van der Waals surface area contributed by atoms with Crippen LogP contribution in [0.3, 0.4) is 0 Å². The summed E-state index contributed by atoms with van der Waals surface area (Å²) in [6, 6.07) is 14.6. The van der Waals surface area contributed by atoms with Gasteiger partial charge in [-0.25, -0.2) is 0 Å². The molecule has 2 aromatic rings. The lowest BCUT2D eigenvalue weighted by molar-refractivity contribution is 0.0315. The molecule has 2 fully saturated rings. The standard InChI is InChI=1S/C24H34N4O2.HI/c1-2-5-21(6-3-1)8-11-25-24(26-12-9-23-7-4-16-30-23)28-13-10-22(20-28)19-27-14-17-29-18-15-27;/h1-7,16,22H,8-15,17-20H2,(H,25,26);1H. The van der Waals surface area contributed by atoms with Crippen LogP contribution >= 0.6 is 24.0 Å². The van der Waals surface area contributed by atoms with E-state index in [0.717, 1.165) is 77.0 Å². The van der Waals surface area contributed by atoms with E-state index in [0.29, 0.717) is 5.92 Å². The van der Waals surface area contributed by atoms with Gasteiger partial charge in [-0.05, 0) is 36.5 Å². The molecule has 2 saturated heterocycles. The molecule has 2 aliphatic rings. The highest BCUT2D eigenvalue weighted by Crippen LogP contribution is 2.18. The molecular formula is C24H35IN4O2. The molecule has 31 heavy (non-hydrogen) atoms. The SMILES string of the molecule is I.c1ccc(CCNC(=NCCc2ccco2)N2CCC(CN3CCOCC3)C2)cc1. The molecule has 6 nitrogen and oxygen atoms in total. The number of furan rings is 1. The summed E-state index contributed by atoms with van der Waals surface area (Å²) >= 11 is 0. The number of ether oxygens (including phenoxy) is 1. The zero-order chi connectivity index (χ0) is 20.4. The number of likely N-dealkylation sites (tertiary alicyclic amines) is 1. The Hall–Kier alpha value is -1.58. The molecule has 1 aromatic carbocycles. The fourth-order valence-corrected chi connectivity index (χ4v) is 4.28. The Morgan fingerprint density at radius 2 is 1.87 bits per heavy atom. The van der Waals surface area contributed by atoms with Crippen LogP contribution in [-0.2, 0) is 17.6 Å². The third kappa shape index (κ3) is 7.80. The molecule has 0 spiro atoms. The third-order valence-corrected chi connectivity index (χ3v) is 5.94. The second-order valence-corrected chi connectivity index (χ2v) is 8.21. The summed E-state index contributed by atoms with van der Waals surface area (Å²) in [7, 11) is 0. The lowest BCUT2D eigenvalue weighted by Crippen LogP contribution is -2.43. The maximum Gasteiger partial charge on any atom is 0.193 e. The van der Waals surface area contributed by atoms with Crippen LogP contribution in [0.1, 0.15) is 17.7 Å². The number of hydrogen-bond acceptors (Lipinski definition) is 4. The summed E-state index contributed by atoms with van der Waals surface area (Å²) in [5.41, 5.74) is 1.35. The maximum atomic E-state index is 5.49. The highest BCUT2D eigenvalue weighted by atomic mass is 127. The molecular weight excluding hydrogens is 503 g/mol. The number of benzene rings is 1. The average Bonchev–Trinajstić information content (AvgIpc) is 3.47. The molecule has 1 unspecified atom stereocenters. The van der Waals surface area contributed by atoms with Gasteiger partial charge in [-0.15, -0.1) is 24.0 Å². The molecule has 7 heteroatoms. The molecule has 1 N–H and O–H groups in total. The molecule has 170 valence electrons. The number of morpholine rings is 1. The van der Waals surface area contributed by atoms with Crippen molar-refractivity contribution in [1.82, 2.24) is 15.1 Å². The van der Waals surface area contributed by atoms with Crippen molar-refractivity contribution < 1.29 is 9.15 Å². The van der Waals surface area contributed by atoms with E-state index in [-0.39, 0.29) is 24.0 Å². The fourth-order valence-electron chi connectivity index (χ4n) is 4.28. The van der Waals surface area contributed by atoms with Crippen molar-refractivity contribution in [2.45, 2.75) is 19.3 Å². The van der Waals surface area contributed by atoms with E-state index in [1.165, 1.54) is 18.5 Å². The Labute approximate surface area is 203 Å². The molecule has 0 radical (unpaired) electrons. The van der Waals surface area contributed by atoms with Gasteiger partial charge in [0.25, 0.3) is 0 Å². The van der Waals surface area contributed by atoms with E-state index >= 15 is 0 Å². The minimum Gasteiger partial charge on any atom is -0.469 e. The normalized spacial score (nSPS) is 19.9. The highest BCUT2D eigenvalue weighted by molar-refractivity contribution is 14.0. The van der Waals surface area contributed by atoms with E-state index in [1.807, 2.05) is 12.1 Å². The zero-order valence-corrected chi connectivity index (χ0v) is 20.6. The minimum atomic E-state index is 0. The van der Waals surface area contributed by atoms with Crippen LogP contribution < -0.4 is 5.32 Å². The smallest absolute Gasteiger partial charge is 0.193 e. The lowest BCUT2D eigenvalue weighted by Gasteiger charge is -2.29. The van der Waals surface area contributed by atoms with Gasteiger partial charge in [-0.2, -0.15) is 0 Å². The van der Waals surface area contributed by atoms with Crippen molar-refractivity contribution in [2.24, 2.45) is 10.9 Å². The summed E-state index contributed by atoms with van der Waals surface area (Å²) in [6.45, 7) is 8.84. The van der Waals surface area contributed by atoms with E-state index in [1.54, 1.807) is 6.26 Å². The number of guanidine groups is 1. The second kappa shape index (κ2) is 13.1. The first-order valence-electron chi connectivity index (χ1n) is 11.3. The van der Waals surface area contributed by atoms with Crippen molar-refractivity contribution in [2.75, 3.05) is 59.0 Å². The van der Waals surface area contributed by atoms with Crippen molar-refractivity contribution >= 4 is 29.9 Å². The number of halogens is 1. The van der Waals surface area contributed by atoms with Gasteiger partial charge in [0.1, 0.15) is 5.76 Å². The molecule has 0 aliphatic carbocycles. The molecule has 0 amide bonds. The Morgan fingerprint density at radius 1 is 1.03 bits per heavy atom. The molecule has 3 heterocycles. The molecule has 1 aromatic heterocycles. The van der Waals surface area contributed by atoms with Gasteiger partial charge >= 0.3 is 0 Å². The molecule has 2 aliphatic heterocycles. The summed E-state index contributed by atoms with van der Waals surface area (Å²) < 4.78 is 11.0. The first kappa shape index (κ1) is 24.1. The van der Waals surface area contributed by atoms with E-state index in [2.05, 4.69) is 45.4 Å². The topological polar surface area (TPSA) is 53.2 Å². The first-order chi connectivity index (χ1) is 14.9. The van der Waals surface area contributed by atoms with Crippen molar-refractivity contribution in [3.05, 3.63) is 60.1 Å². The predicted molar refractivity (Wildman–Crippen MR) is 135 cm³/mol. The first-order valence-corrected chi connectivity index (χ1v) is 11.3. The van der Waals surface area contributed by atoms with Gasteiger partial charge in [0, 0.05) is 52.2 Å². The van der Waals surface area contributed by atoms with E-state index in [9.17, 15) is 0 Å². The maximum absolute atomic E-state index is 5.49. The Morgan fingerprint density at radius 3 is 2.65 bits per heavy atom. The monoisotopic (exact) mass is 538 g/mol. The second-order valence-electron chi connectivity index (χ2n) is 8.21. The van der Waals surface area contributed by atoms with Gasteiger partial charge in [0.2, 0.25) is 0 Å². The van der Waals surface area contributed by atoms with Crippen LogP contribution in [0.2, 0.25) is 0 Å². The Bertz CT molecular complexity index is 763. The third-order valence-electron chi connectivity index (χ3n) is 5.94. The van der Waals surface area contributed by atoms with Crippen LogP contribution in [0.25, 0.3) is 0 Å². The van der Waals surface area contributed by atoms with Crippen molar-refractivity contribution in [3.8, 4) is 0 Å². The van der Waals surface area contributed by atoms with Crippen LogP contribution in [-0.4, -0.2) is 74.8 Å². The van der Waals surface area contributed by atoms with Gasteiger partial charge in [0.15, 0.2) is 5.96 Å². The van der Waals surface area contributed by atoms with Gasteiger partial charge in [0.05, 0.1) is 19.5 Å². The predicted octanol–water partition coefficient (Wildman–Crippen LogP) is 3.28. The molecule has 0 bridgehead atoms. The summed E-state index contributed by atoms with van der Waals surface area (Å²) in [4.78, 5) is 9.92. The average molecular weight is 538 g/mol. The molecule has 1 atom stereocenters. The van der Waals surface area contributed by atoms with Crippen LogP contribution in [0, 0.1) is 5.92 Å². The quantitative estimate of drug-likeness (QED) is 0.318. The van der Waals surface area contributed by atoms with Gasteiger partial charge in [-0.1, -0.05) is 30.3 Å². The van der Waals surface area contributed by atoms with Crippen molar-refractivity contribution in [1.29, 1.82) is 0 Å². The Balaban J connectivity index is 0.00000272. The summed E-state index contributed by atoms with van der Waals surface area (Å²) in [5, 5.41) is 3.63. The van der Waals surface area contributed by atoms with Crippen LogP contribution in [0.4, 0.5) is 0 Å². The summed E-state index contributed by atoms with van der Waals surface area (Å²) in [6.07, 6.45) is 4.80. The van der Waals surface area contributed by atoms with Crippen molar-refractivity contribution in [3.63, 3.8) is 0 Å². The number of aliphatic imine (C=N–C) groups is 1. The zero-order valence-electron chi connectivity index (χ0n) is 18.2. The van der Waals surface area contributed by atoms with Crippen LogP contribution in [0.5, 0.6) is 0 Å².